The van der Waals surface area contributed by atoms with Crippen molar-refractivity contribution in [2.45, 2.75) is 41.9 Å². The number of sulfonamides is 1. The summed E-state index contributed by atoms with van der Waals surface area (Å²) in [5, 5.41) is 0. The molecule has 1 aliphatic heterocycles. The smallest absolute Gasteiger partial charge is 0.327 e. The van der Waals surface area contributed by atoms with Gasteiger partial charge in [0.1, 0.15) is 16.4 Å². The Morgan fingerprint density at radius 1 is 1.24 bits per heavy atom. The van der Waals surface area contributed by atoms with Crippen LogP contribution in [0.25, 0.3) is 0 Å². The van der Waals surface area contributed by atoms with Crippen LogP contribution in [0.2, 0.25) is 4.34 Å². The van der Waals surface area contributed by atoms with E-state index in [1.165, 1.54) is 10.4 Å². The molecule has 0 radical (unpaired) electrons. The van der Waals surface area contributed by atoms with E-state index in [9.17, 15) is 13.2 Å². The molecule has 0 unspecified atom stereocenters. The van der Waals surface area contributed by atoms with Crippen molar-refractivity contribution < 1.29 is 17.9 Å². The monoisotopic (exact) mass is 349 g/mol. The number of morpholine rings is 1. The van der Waals surface area contributed by atoms with Crippen LogP contribution in [0.5, 0.6) is 0 Å². The summed E-state index contributed by atoms with van der Waals surface area (Å²) in [5.74, 6) is -0.403. The van der Waals surface area contributed by atoms with Gasteiger partial charge in [0.25, 0.3) is 10.0 Å². The second-order valence-corrected chi connectivity index (χ2v) is 9.17. The molecule has 1 saturated heterocycles. The largest absolute Gasteiger partial charge is 0.463 e. The highest BCUT2D eigenvalue weighted by molar-refractivity contribution is 7.91. The summed E-state index contributed by atoms with van der Waals surface area (Å²) in [6, 6.07) is 3.06. The van der Waals surface area contributed by atoms with Gasteiger partial charge >= 0.3 is 5.97 Å². The number of esters is 1. The lowest BCUT2D eigenvalue weighted by Gasteiger charge is -2.45. The van der Waals surface area contributed by atoms with Gasteiger partial charge in [-0.2, -0.15) is 4.31 Å². The van der Waals surface area contributed by atoms with Crippen molar-refractivity contribution in [3.8, 4) is 0 Å². The van der Waals surface area contributed by atoms with Gasteiger partial charge in [-0.05, 0) is 25.0 Å². The van der Waals surface area contributed by atoms with Gasteiger partial charge in [0.2, 0.25) is 0 Å². The number of cyclic esters (lactones) is 1. The van der Waals surface area contributed by atoms with Crippen molar-refractivity contribution in [3.63, 3.8) is 0 Å². The van der Waals surface area contributed by atoms with Crippen LogP contribution < -0.4 is 0 Å². The SMILES string of the molecule is O=C1OCCN(S(=O)(=O)c2ccc(Cl)s2)C12CCCCC2. The second-order valence-electron chi connectivity index (χ2n) is 5.36. The molecule has 21 heavy (non-hydrogen) atoms. The van der Waals surface area contributed by atoms with E-state index in [0.29, 0.717) is 17.2 Å². The molecule has 1 saturated carbocycles. The molecule has 5 nitrogen and oxygen atoms in total. The maximum Gasteiger partial charge on any atom is 0.327 e. The molecule has 0 bridgehead atoms. The van der Waals surface area contributed by atoms with Crippen LogP contribution in [-0.2, 0) is 19.6 Å². The van der Waals surface area contributed by atoms with Crippen molar-refractivity contribution in [3.05, 3.63) is 16.5 Å². The molecule has 116 valence electrons. The molecule has 1 aliphatic carbocycles. The van der Waals surface area contributed by atoms with E-state index in [1.54, 1.807) is 6.07 Å². The summed E-state index contributed by atoms with van der Waals surface area (Å²) in [5.41, 5.74) is -1.02. The fourth-order valence-electron chi connectivity index (χ4n) is 3.16. The molecule has 0 atom stereocenters. The highest BCUT2D eigenvalue weighted by Crippen LogP contribution is 2.41. The Morgan fingerprint density at radius 3 is 2.57 bits per heavy atom. The molecule has 8 heteroatoms. The molecule has 2 heterocycles. The Morgan fingerprint density at radius 2 is 1.95 bits per heavy atom. The third-order valence-corrected chi connectivity index (χ3v) is 7.82. The van der Waals surface area contributed by atoms with E-state index in [2.05, 4.69) is 0 Å². The Kier molecular flexibility index (Phi) is 4.02. The first-order valence-corrected chi connectivity index (χ1v) is 9.56. The molecule has 2 fully saturated rings. The van der Waals surface area contributed by atoms with Crippen LogP contribution >= 0.6 is 22.9 Å². The van der Waals surface area contributed by atoms with Crippen LogP contribution in [0.1, 0.15) is 32.1 Å². The van der Waals surface area contributed by atoms with Crippen LogP contribution in [0.3, 0.4) is 0 Å². The molecule has 1 spiro atoms. The van der Waals surface area contributed by atoms with Gasteiger partial charge in [0, 0.05) is 6.54 Å². The zero-order valence-corrected chi connectivity index (χ0v) is 13.8. The molecule has 1 aromatic heterocycles. The number of carbonyl (C=O) groups is 1. The third kappa shape index (κ3) is 2.50. The minimum absolute atomic E-state index is 0.110. The van der Waals surface area contributed by atoms with E-state index >= 15 is 0 Å². The lowest BCUT2D eigenvalue weighted by Crippen LogP contribution is -2.62. The normalized spacial score (nSPS) is 23.2. The average molecular weight is 350 g/mol. The van der Waals surface area contributed by atoms with E-state index < -0.39 is 21.5 Å². The predicted molar refractivity (Wildman–Crippen MR) is 80.0 cm³/mol. The van der Waals surface area contributed by atoms with E-state index in [0.717, 1.165) is 30.6 Å². The van der Waals surface area contributed by atoms with Crippen molar-refractivity contribution in [2.24, 2.45) is 0 Å². The lowest BCUT2D eigenvalue weighted by atomic mass is 9.81. The molecule has 3 rings (SSSR count). The summed E-state index contributed by atoms with van der Waals surface area (Å²) in [6.07, 6.45) is 3.76. The fraction of sp³-hybridized carbons (Fsp3) is 0.615. The number of hydrogen-bond donors (Lipinski definition) is 0. The molecule has 0 N–H and O–H groups in total. The predicted octanol–water partition coefficient (Wildman–Crippen LogP) is 2.65. The van der Waals surface area contributed by atoms with Crippen LogP contribution in [0, 0.1) is 0 Å². The minimum Gasteiger partial charge on any atom is -0.463 e. The zero-order valence-electron chi connectivity index (χ0n) is 11.4. The minimum atomic E-state index is -3.72. The zero-order chi connectivity index (χ0) is 15.1. The number of halogens is 1. The second kappa shape index (κ2) is 5.53. The molecular weight excluding hydrogens is 334 g/mol. The number of ether oxygens (including phenoxy) is 1. The van der Waals surface area contributed by atoms with E-state index in [4.69, 9.17) is 16.3 Å². The van der Waals surface area contributed by atoms with Crippen LogP contribution in [0.4, 0.5) is 0 Å². The third-order valence-electron chi connectivity index (χ3n) is 4.16. The van der Waals surface area contributed by atoms with Crippen LogP contribution in [-0.4, -0.2) is 37.4 Å². The summed E-state index contributed by atoms with van der Waals surface area (Å²) >= 11 is 6.88. The summed E-state index contributed by atoms with van der Waals surface area (Å²) in [7, 11) is -3.72. The van der Waals surface area contributed by atoms with Crippen molar-refractivity contribution in [1.82, 2.24) is 4.31 Å². The maximum atomic E-state index is 12.9. The first-order chi connectivity index (χ1) is 9.97. The number of thiophene rings is 1. The summed E-state index contributed by atoms with van der Waals surface area (Å²) < 4.78 is 32.9. The van der Waals surface area contributed by atoms with Gasteiger partial charge in [-0.15, -0.1) is 11.3 Å². The van der Waals surface area contributed by atoms with E-state index in [-0.39, 0.29) is 17.4 Å². The molecule has 1 aromatic rings. The topological polar surface area (TPSA) is 63.7 Å². The highest BCUT2D eigenvalue weighted by Gasteiger charge is 2.53. The standard InChI is InChI=1S/C13H16ClNO4S2/c14-10-4-5-11(20-10)21(17,18)15-8-9-19-12(16)13(15)6-2-1-3-7-13/h4-5H,1-3,6-9H2. The Hall–Kier alpha value is -0.630. The number of hydrogen-bond acceptors (Lipinski definition) is 5. The summed E-state index contributed by atoms with van der Waals surface area (Å²) in [6.45, 7) is 0.322. The number of rotatable bonds is 2. The molecule has 0 aromatic carbocycles. The van der Waals surface area contributed by atoms with Gasteiger partial charge in [-0.1, -0.05) is 30.9 Å². The highest BCUT2D eigenvalue weighted by atomic mass is 35.5. The lowest BCUT2D eigenvalue weighted by molar-refractivity contribution is -0.165. The average Bonchev–Trinajstić information content (AvgIpc) is 2.90. The van der Waals surface area contributed by atoms with Crippen molar-refractivity contribution in [2.75, 3.05) is 13.2 Å². The first kappa shape index (κ1) is 15.3. The van der Waals surface area contributed by atoms with Crippen molar-refractivity contribution >= 4 is 38.9 Å². The number of nitrogens with zero attached hydrogens (tertiary/aromatic N) is 1. The van der Waals surface area contributed by atoms with Gasteiger partial charge in [0.05, 0.1) is 4.34 Å². The number of carbonyl (C=O) groups excluding carboxylic acids is 1. The van der Waals surface area contributed by atoms with Gasteiger partial charge in [-0.25, -0.2) is 8.42 Å². The Balaban J connectivity index is 2.03. The van der Waals surface area contributed by atoms with E-state index in [1.807, 2.05) is 0 Å². The Bertz CT molecular complexity index is 649. The fourth-order valence-corrected chi connectivity index (χ4v) is 6.52. The Labute approximate surface area is 132 Å². The maximum absolute atomic E-state index is 12.9. The first-order valence-electron chi connectivity index (χ1n) is 6.92. The molecular formula is C13H16ClNO4S2. The van der Waals surface area contributed by atoms with Gasteiger partial charge in [0.15, 0.2) is 0 Å². The molecule has 0 amide bonds. The van der Waals surface area contributed by atoms with Crippen LogP contribution in [0.15, 0.2) is 16.3 Å². The molecule has 2 aliphatic rings. The summed E-state index contributed by atoms with van der Waals surface area (Å²) in [4.78, 5) is 12.3. The quantitative estimate of drug-likeness (QED) is 0.770. The van der Waals surface area contributed by atoms with Gasteiger partial charge < -0.3 is 4.74 Å². The van der Waals surface area contributed by atoms with Gasteiger partial charge in [-0.3, -0.25) is 4.79 Å². The van der Waals surface area contributed by atoms with Crippen molar-refractivity contribution in [1.29, 1.82) is 0 Å².